The molecule has 33 heavy (non-hydrogen) atoms. The van der Waals surface area contributed by atoms with E-state index < -0.39 is 5.91 Å². The van der Waals surface area contributed by atoms with Gasteiger partial charge in [-0.05, 0) is 58.4 Å². The minimum atomic E-state index is -0.457. The third-order valence-corrected chi connectivity index (χ3v) is 6.24. The lowest BCUT2D eigenvalue weighted by atomic mass is 10.2. The van der Waals surface area contributed by atoms with Gasteiger partial charge in [-0.3, -0.25) is 4.79 Å². The minimum absolute atomic E-state index is 0.167. The number of ether oxygens (including phenoxy) is 2. The van der Waals surface area contributed by atoms with Crippen LogP contribution in [0.1, 0.15) is 21.7 Å². The van der Waals surface area contributed by atoms with E-state index in [4.69, 9.17) is 25.5 Å². The van der Waals surface area contributed by atoms with E-state index in [-0.39, 0.29) is 5.76 Å². The van der Waals surface area contributed by atoms with Crippen molar-refractivity contribution in [3.63, 3.8) is 0 Å². The van der Waals surface area contributed by atoms with Crippen molar-refractivity contribution in [3.05, 3.63) is 91.5 Å². The number of hydrazone groups is 1. The number of benzene rings is 3. The number of carbonyl (C=O) groups is 1. The summed E-state index contributed by atoms with van der Waals surface area (Å²) in [5, 5.41) is 5.49. The number of methoxy groups -OCH3 is 1. The molecule has 3 aromatic carbocycles. The van der Waals surface area contributed by atoms with Crippen molar-refractivity contribution in [1.29, 1.82) is 0 Å². The van der Waals surface area contributed by atoms with Gasteiger partial charge in [0.05, 0.1) is 13.3 Å². The molecule has 0 atom stereocenters. The summed E-state index contributed by atoms with van der Waals surface area (Å²) in [5.41, 5.74) is 4.64. The second kappa shape index (κ2) is 10.4. The highest BCUT2D eigenvalue weighted by Gasteiger charge is 2.13. The summed E-state index contributed by atoms with van der Waals surface area (Å²) in [6, 6.07) is 18.2. The van der Waals surface area contributed by atoms with Crippen LogP contribution in [0.15, 0.2) is 79.1 Å². The van der Waals surface area contributed by atoms with Gasteiger partial charge in [-0.1, -0.05) is 45.7 Å². The molecule has 0 aliphatic carbocycles. The highest BCUT2D eigenvalue weighted by atomic mass is 79.9. The zero-order valence-corrected chi connectivity index (χ0v) is 21.2. The Hall–Kier alpha value is -2.81. The minimum Gasteiger partial charge on any atom is -0.493 e. The maximum atomic E-state index is 12.4. The Morgan fingerprint density at radius 2 is 1.94 bits per heavy atom. The zero-order valence-electron chi connectivity index (χ0n) is 17.3. The second-order valence-electron chi connectivity index (χ2n) is 6.90. The fourth-order valence-corrected chi connectivity index (χ4v) is 4.03. The third kappa shape index (κ3) is 5.58. The predicted molar refractivity (Wildman–Crippen MR) is 135 cm³/mol. The number of carbonyl (C=O) groups excluding carboxylic acids is 1. The molecule has 6 nitrogen and oxygen atoms in total. The number of hydrogen-bond donors (Lipinski definition) is 1. The van der Waals surface area contributed by atoms with Crippen molar-refractivity contribution in [2.24, 2.45) is 5.10 Å². The van der Waals surface area contributed by atoms with Gasteiger partial charge in [0.2, 0.25) is 0 Å². The number of amides is 1. The monoisotopic (exact) mass is 590 g/mol. The first kappa shape index (κ1) is 23.4. The topological polar surface area (TPSA) is 73.1 Å². The van der Waals surface area contributed by atoms with Gasteiger partial charge < -0.3 is 13.9 Å². The third-order valence-electron chi connectivity index (χ3n) is 4.70. The Morgan fingerprint density at radius 1 is 1.12 bits per heavy atom. The van der Waals surface area contributed by atoms with Gasteiger partial charge in [-0.2, -0.15) is 5.10 Å². The Bertz CT molecular complexity index is 1350. The number of furan rings is 1. The van der Waals surface area contributed by atoms with Crippen molar-refractivity contribution >= 4 is 66.6 Å². The molecule has 0 bridgehead atoms. The Kier molecular flexibility index (Phi) is 7.37. The van der Waals surface area contributed by atoms with Crippen LogP contribution in [-0.4, -0.2) is 19.2 Å². The summed E-state index contributed by atoms with van der Waals surface area (Å²) >= 11 is 13.1. The fraction of sp³-hybridized carbons (Fsp3) is 0.0833. The van der Waals surface area contributed by atoms with Gasteiger partial charge >= 0.3 is 5.91 Å². The maximum Gasteiger partial charge on any atom is 0.307 e. The van der Waals surface area contributed by atoms with Crippen LogP contribution in [0.2, 0.25) is 5.02 Å². The molecule has 0 aliphatic rings. The van der Waals surface area contributed by atoms with Crippen LogP contribution in [0.25, 0.3) is 11.0 Å². The van der Waals surface area contributed by atoms with E-state index in [0.717, 1.165) is 15.4 Å². The lowest BCUT2D eigenvalue weighted by molar-refractivity contribution is 0.0929. The summed E-state index contributed by atoms with van der Waals surface area (Å²) in [7, 11) is 1.55. The SMILES string of the molecule is COc1cc(/C=N/NC(=O)c2cc3cc(Br)ccc3o2)c(Br)cc1OCc1ccccc1Cl. The molecule has 4 rings (SSSR count). The zero-order chi connectivity index (χ0) is 23.4. The molecule has 4 aromatic rings. The molecule has 0 fully saturated rings. The largest absolute Gasteiger partial charge is 0.493 e. The average Bonchev–Trinajstić information content (AvgIpc) is 3.23. The number of fused-ring (bicyclic) bond motifs is 1. The number of hydrogen-bond acceptors (Lipinski definition) is 5. The smallest absolute Gasteiger partial charge is 0.307 e. The summed E-state index contributed by atoms with van der Waals surface area (Å²) < 4.78 is 18.5. The van der Waals surface area contributed by atoms with Gasteiger partial charge in [0.15, 0.2) is 17.3 Å². The highest BCUT2D eigenvalue weighted by Crippen LogP contribution is 2.34. The molecule has 0 aliphatic heterocycles. The Labute approximate surface area is 211 Å². The van der Waals surface area contributed by atoms with Gasteiger partial charge in [0.1, 0.15) is 12.2 Å². The molecule has 168 valence electrons. The highest BCUT2D eigenvalue weighted by molar-refractivity contribution is 9.10. The Morgan fingerprint density at radius 3 is 2.73 bits per heavy atom. The molecule has 1 heterocycles. The van der Waals surface area contributed by atoms with Crippen LogP contribution in [0.4, 0.5) is 0 Å². The number of rotatable bonds is 7. The van der Waals surface area contributed by atoms with Crippen molar-refractivity contribution < 1.29 is 18.7 Å². The first-order valence-electron chi connectivity index (χ1n) is 9.71. The van der Waals surface area contributed by atoms with E-state index in [2.05, 4.69) is 42.4 Å². The van der Waals surface area contributed by atoms with E-state index in [1.165, 1.54) is 6.21 Å². The van der Waals surface area contributed by atoms with Crippen LogP contribution in [0.3, 0.4) is 0 Å². The number of halogens is 3. The van der Waals surface area contributed by atoms with Crippen molar-refractivity contribution in [2.75, 3.05) is 7.11 Å². The van der Waals surface area contributed by atoms with E-state index >= 15 is 0 Å². The number of nitrogens with zero attached hydrogens (tertiary/aromatic N) is 1. The molecule has 1 N–H and O–H groups in total. The standard InChI is InChI=1S/C24H17Br2ClN2O4/c1-31-21-10-16(18(26)11-22(21)32-13-14-4-2-3-5-19(14)27)12-28-29-24(30)23-9-15-8-17(25)6-7-20(15)33-23/h2-12H,13H2,1H3,(H,29,30)/b28-12+. The predicted octanol–water partition coefficient (Wildman–Crippen LogP) is 6.96. The molecule has 1 aromatic heterocycles. The van der Waals surface area contributed by atoms with Gasteiger partial charge in [-0.25, -0.2) is 5.43 Å². The molecular formula is C24H17Br2ClN2O4. The molecule has 0 spiro atoms. The van der Waals surface area contributed by atoms with E-state index in [1.54, 1.807) is 31.4 Å². The molecular weight excluding hydrogens is 576 g/mol. The summed E-state index contributed by atoms with van der Waals surface area (Å²) in [4.78, 5) is 12.4. The Balaban J connectivity index is 1.45. The van der Waals surface area contributed by atoms with Crippen molar-refractivity contribution in [2.45, 2.75) is 6.61 Å². The lowest BCUT2D eigenvalue weighted by Crippen LogP contribution is -2.16. The van der Waals surface area contributed by atoms with Gasteiger partial charge in [0.25, 0.3) is 0 Å². The maximum absolute atomic E-state index is 12.4. The number of nitrogens with one attached hydrogen (secondary N) is 1. The first-order valence-corrected chi connectivity index (χ1v) is 11.7. The van der Waals surface area contributed by atoms with Crippen LogP contribution >= 0.6 is 43.5 Å². The van der Waals surface area contributed by atoms with Crippen molar-refractivity contribution in [3.8, 4) is 11.5 Å². The van der Waals surface area contributed by atoms with Crippen molar-refractivity contribution in [1.82, 2.24) is 5.43 Å². The van der Waals surface area contributed by atoms with Gasteiger partial charge in [0, 0.05) is 30.5 Å². The van der Waals surface area contributed by atoms with E-state index in [1.807, 2.05) is 36.4 Å². The normalized spacial score (nSPS) is 11.2. The molecule has 9 heteroatoms. The average molecular weight is 593 g/mol. The van der Waals surface area contributed by atoms with E-state index in [9.17, 15) is 4.79 Å². The first-order chi connectivity index (χ1) is 15.9. The summed E-state index contributed by atoms with van der Waals surface area (Å²) in [5.74, 6) is 0.765. The second-order valence-corrected chi connectivity index (χ2v) is 9.07. The summed E-state index contributed by atoms with van der Waals surface area (Å²) in [6.07, 6.45) is 1.50. The summed E-state index contributed by atoms with van der Waals surface area (Å²) in [6.45, 7) is 0.292. The van der Waals surface area contributed by atoms with Crippen LogP contribution in [-0.2, 0) is 6.61 Å². The van der Waals surface area contributed by atoms with Crippen LogP contribution < -0.4 is 14.9 Å². The quantitative estimate of drug-likeness (QED) is 0.186. The molecule has 0 saturated carbocycles. The van der Waals surface area contributed by atoms with Gasteiger partial charge in [-0.15, -0.1) is 0 Å². The molecule has 0 unspecified atom stereocenters. The van der Waals surface area contributed by atoms with E-state index in [0.29, 0.717) is 38.7 Å². The van der Waals surface area contributed by atoms with Crippen LogP contribution in [0, 0.1) is 0 Å². The lowest BCUT2D eigenvalue weighted by Gasteiger charge is -2.13. The van der Waals surface area contributed by atoms with Crippen LogP contribution in [0.5, 0.6) is 11.5 Å². The molecule has 0 radical (unpaired) electrons. The molecule has 1 amide bonds. The fourth-order valence-electron chi connectivity index (χ4n) is 3.03. The molecule has 0 saturated heterocycles.